The number of rotatable bonds is 1. The van der Waals surface area contributed by atoms with Crippen molar-refractivity contribution in [3.8, 4) is 11.1 Å². The van der Waals surface area contributed by atoms with E-state index >= 15 is 0 Å². The van der Waals surface area contributed by atoms with Crippen molar-refractivity contribution in [1.29, 1.82) is 0 Å². The zero-order valence-electron chi connectivity index (χ0n) is 10.5. The molecule has 2 rings (SSSR count). The van der Waals surface area contributed by atoms with Crippen molar-refractivity contribution in [1.82, 2.24) is 0 Å². The lowest BCUT2D eigenvalue weighted by molar-refractivity contribution is -0.671. The summed E-state index contributed by atoms with van der Waals surface area (Å²) in [5.74, 6) is 0. The molecule has 0 aliphatic rings. The van der Waals surface area contributed by atoms with Gasteiger partial charge in [0.05, 0.1) is 0 Å². The molecule has 1 aromatic carbocycles. The van der Waals surface area contributed by atoms with Crippen molar-refractivity contribution < 1.29 is 32.7 Å². The van der Waals surface area contributed by atoms with Crippen molar-refractivity contribution in [2.45, 2.75) is 0 Å². The number of benzene rings is 1. The number of halogens is 1. The molecule has 14 heavy (non-hydrogen) atoms. The summed E-state index contributed by atoms with van der Waals surface area (Å²) in [7, 11) is 0. The van der Waals surface area contributed by atoms with Crippen LogP contribution in [0.25, 0.3) is 11.1 Å². The predicted octanol–water partition coefficient (Wildman–Crippen LogP) is -0.818. The summed E-state index contributed by atoms with van der Waals surface area (Å²) < 4.78 is 23.0. The number of hydrogen-bond acceptors (Lipinski definition) is 0. The van der Waals surface area contributed by atoms with Gasteiger partial charge in [0.15, 0.2) is 12.4 Å². The molecule has 2 heteroatoms. The summed E-state index contributed by atoms with van der Waals surface area (Å²) in [6.45, 7) is -2.10. The Balaban J connectivity index is 0.00000144. The first kappa shape index (κ1) is 7.40. The van der Waals surface area contributed by atoms with E-state index in [9.17, 15) is 0 Å². The number of pyridine rings is 1. The molecule has 0 aliphatic heterocycles. The maximum Gasteiger partial charge on any atom is 0.169 e. The van der Waals surface area contributed by atoms with Gasteiger partial charge in [-0.25, -0.2) is 4.57 Å². The Hall–Kier alpha value is -0.900. The summed E-state index contributed by atoms with van der Waals surface area (Å²) in [5.41, 5.74) is 2.10. The minimum atomic E-state index is -2.10. The van der Waals surface area contributed by atoms with Crippen LogP contribution in [0.5, 0.6) is 0 Å². The number of nitrogens with zero attached hydrogens (tertiary/aromatic N) is 1. The summed E-state index contributed by atoms with van der Waals surface area (Å²) in [4.78, 5) is 0. The molecule has 1 heterocycles. The molecule has 72 valence electrons. The van der Waals surface area contributed by atoms with Gasteiger partial charge >= 0.3 is 0 Å². The normalized spacial score (nSPS) is 13.3. The van der Waals surface area contributed by atoms with Crippen LogP contribution < -0.4 is 28.5 Å². The van der Waals surface area contributed by atoms with Crippen molar-refractivity contribution in [3.63, 3.8) is 0 Å². The summed E-state index contributed by atoms with van der Waals surface area (Å²) in [5, 5.41) is 0. The molecule has 0 bridgehead atoms. The zero-order chi connectivity index (χ0) is 11.6. The van der Waals surface area contributed by atoms with Crippen molar-refractivity contribution in [3.05, 3.63) is 54.9 Å². The van der Waals surface area contributed by atoms with Crippen molar-refractivity contribution in [2.24, 2.45) is 6.98 Å². The van der Waals surface area contributed by atoms with Gasteiger partial charge in [-0.1, -0.05) is 30.3 Å². The maximum atomic E-state index is 7.24. The lowest BCUT2D eigenvalue weighted by atomic mass is 10.1. The van der Waals surface area contributed by atoms with Gasteiger partial charge in [0.2, 0.25) is 0 Å². The van der Waals surface area contributed by atoms with E-state index in [1.807, 2.05) is 42.5 Å². The summed E-state index contributed by atoms with van der Waals surface area (Å²) >= 11 is 0. The van der Waals surface area contributed by atoms with Crippen molar-refractivity contribution in [2.75, 3.05) is 0 Å². The van der Waals surface area contributed by atoms with Gasteiger partial charge in [-0.2, -0.15) is 0 Å². The first-order chi connectivity index (χ1) is 7.57. The van der Waals surface area contributed by atoms with E-state index in [4.69, 9.17) is 4.11 Å². The van der Waals surface area contributed by atoms with Crippen LogP contribution >= 0.6 is 0 Å². The lowest BCUT2D eigenvalue weighted by Crippen LogP contribution is -3.00. The third-order valence-electron chi connectivity index (χ3n) is 1.94. The van der Waals surface area contributed by atoms with E-state index in [0.29, 0.717) is 0 Å². The van der Waals surface area contributed by atoms with Crippen LogP contribution in [-0.4, -0.2) is 0 Å². The fraction of sp³-hybridized carbons (Fsp3) is 0.0833. The Labute approximate surface area is 106 Å². The highest BCUT2D eigenvalue weighted by Gasteiger charge is 1.97. The molecule has 2 aromatic rings. The summed E-state index contributed by atoms with van der Waals surface area (Å²) in [6.07, 6.45) is 3.16. The zero-order valence-corrected chi connectivity index (χ0v) is 9.68. The highest BCUT2D eigenvalue weighted by atomic mass is 127. The van der Waals surface area contributed by atoms with E-state index in [2.05, 4.69) is 0 Å². The fourth-order valence-corrected chi connectivity index (χ4v) is 1.25. The van der Waals surface area contributed by atoms with Gasteiger partial charge in [-0.3, -0.25) is 0 Å². The van der Waals surface area contributed by atoms with E-state index in [1.54, 1.807) is 12.4 Å². The highest BCUT2D eigenvalue weighted by Crippen LogP contribution is 2.16. The lowest BCUT2D eigenvalue weighted by Gasteiger charge is -1.98. The molecular weight excluding hydrogens is 285 g/mol. The molecule has 1 nitrogen and oxygen atoms in total. The number of aromatic nitrogens is 1. The predicted molar refractivity (Wildman–Crippen MR) is 53.1 cm³/mol. The van der Waals surface area contributed by atoms with Gasteiger partial charge in [0, 0.05) is 12.1 Å². The monoisotopic (exact) mass is 300 g/mol. The van der Waals surface area contributed by atoms with Gasteiger partial charge in [0.1, 0.15) is 11.1 Å². The highest BCUT2D eigenvalue weighted by molar-refractivity contribution is 5.61. The second-order valence-corrected chi connectivity index (χ2v) is 2.86. The Morgan fingerprint density at radius 2 is 1.50 bits per heavy atom. The third-order valence-corrected chi connectivity index (χ3v) is 1.94. The summed E-state index contributed by atoms with van der Waals surface area (Å²) in [6, 6.07) is 13.5. The Kier molecular flexibility index (Phi) is 2.69. The smallest absolute Gasteiger partial charge is 0.169 e. The molecule has 0 spiro atoms. The molecule has 0 amide bonds. The molecule has 0 saturated carbocycles. The van der Waals surface area contributed by atoms with E-state index < -0.39 is 6.98 Å². The standard InChI is InChI=1S/C12H12N.HI/c1-13-9-7-12(8-10-13)11-5-3-2-4-6-11;/h2-10H,1H3;1H/q+1;/p-1/i1D3;. The first-order valence-corrected chi connectivity index (χ1v) is 4.14. The maximum absolute atomic E-state index is 7.24. The minimum Gasteiger partial charge on any atom is -1.00 e. The van der Waals surface area contributed by atoms with Gasteiger partial charge in [-0.15, -0.1) is 0 Å². The second-order valence-electron chi connectivity index (χ2n) is 2.86. The molecule has 0 atom stereocenters. The van der Waals surface area contributed by atoms with Gasteiger partial charge in [0.25, 0.3) is 0 Å². The Morgan fingerprint density at radius 3 is 2.07 bits per heavy atom. The molecule has 0 N–H and O–H groups in total. The molecule has 0 saturated heterocycles. The van der Waals surface area contributed by atoms with E-state index in [-0.39, 0.29) is 24.0 Å². The van der Waals surface area contributed by atoms with Crippen LogP contribution in [0.2, 0.25) is 0 Å². The molecule has 0 aliphatic carbocycles. The fourth-order valence-electron chi connectivity index (χ4n) is 1.25. The SMILES string of the molecule is [2H]C([2H])([2H])[n+]1ccc(-c2ccccc2)cc1.[I-]. The van der Waals surface area contributed by atoms with Gasteiger partial charge in [-0.05, 0) is 11.1 Å². The van der Waals surface area contributed by atoms with Crippen LogP contribution in [-0.2, 0) is 6.98 Å². The third kappa shape index (κ3) is 2.54. The quantitative estimate of drug-likeness (QED) is 0.479. The minimum absolute atomic E-state index is 0. The molecule has 1 aromatic heterocycles. The van der Waals surface area contributed by atoms with Crippen LogP contribution in [0.1, 0.15) is 4.11 Å². The van der Waals surface area contributed by atoms with Gasteiger partial charge < -0.3 is 24.0 Å². The van der Waals surface area contributed by atoms with E-state index in [1.165, 1.54) is 4.57 Å². The van der Waals surface area contributed by atoms with Crippen LogP contribution in [0.4, 0.5) is 0 Å². The van der Waals surface area contributed by atoms with E-state index in [0.717, 1.165) is 11.1 Å². The Morgan fingerprint density at radius 1 is 0.929 bits per heavy atom. The number of aryl methyl sites for hydroxylation is 1. The first-order valence-electron chi connectivity index (χ1n) is 5.64. The van der Waals surface area contributed by atoms with Crippen LogP contribution in [0.15, 0.2) is 54.9 Å². The molecular formula is C12H12IN. The second kappa shape index (κ2) is 5.10. The molecule has 0 radical (unpaired) electrons. The van der Waals surface area contributed by atoms with Crippen molar-refractivity contribution >= 4 is 0 Å². The average Bonchev–Trinajstić information content (AvgIpc) is 2.29. The molecule has 0 fully saturated rings. The average molecular weight is 300 g/mol. The largest absolute Gasteiger partial charge is 1.00 e. The Bertz CT molecular complexity index is 465. The van der Waals surface area contributed by atoms with Crippen LogP contribution in [0, 0.1) is 0 Å². The molecule has 0 unspecified atom stereocenters. The number of hydrogen-bond donors (Lipinski definition) is 0. The van der Waals surface area contributed by atoms with Crippen LogP contribution in [0.3, 0.4) is 0 Å². The topological polar surface area (TPSA) is 3.88 Å².